The van der Waals surface area contributed by atoms with Crippen molar-refractivity contribution in [2.24, 2.45) is 0 Å². The molecule has 0 aliphatic rings. The van der Waals surface area contributed by atoms with Crippen molar-refractivity contribution in [2.45, 2.75) is 6.54 Å². The smallest absolute Gasteiger partial charge is 0.133 e. The van der Waals surface area contributed by atoms with Gasteiger partial charge in [-0.05, 0) is 48.0 Å². The van der Waals surface area contributed by atoms with Crippen molar-refractivity contribution >= 4 is 23.2 Å². The van der Waals surface area contributed by atoms with E-state index < -0.39 is 0 Å². The summed E-state index contributed by atoms with van der Waals surface area (Å²) in [6.07, 6.45) is 4.09. The minimum atomic E-state index is 0.525. The zero-order valence-electron chi connectivity index (χ0n) is 17.1. The Kier molecular flexibility index (Phi) is 5.99. The van der Waals surface area contributed by atoms with Crippen molar-refractivity contribution in [3.63, 3.8) is 0 Å². The number of aromatic nitrogens is 2. The molecule has 152 valence electrons. The summed E-state index contributed by atoms with van der Waals surface area (Å²) < 4.78 is 18.6. The van der Waals surface area contributed by atoms with Gasteiger partial charge in [-0.1, -0.05) is 36.4 Å². The Labute approximate surface area is 176 Å². The van der Waals surface area contributed by atoms with Crippen LogP contribution in [0.2, 0.25) is 0 Å². The molecule has 0 bridgehead atoms. The van der Waals surface area contributed by atoms with E-state index in [9.17, 15) is 0 Å². The third kappa shape index (κ3) is 4.46. The van der Waals surface area contributed by atoms with Crippen LogP contribution in [0.3, 0.4) is 0 Å². The molecule has 0 unspecified atom stereocenters. The van der Waals surface area contributed by atoms with Crippen LogP contribution in [0.1, 0.15) is 11.4 Å². The predicted molar refractivity (Wildman–Crippen MR) is 120 cm³/mol. The Bertz CT molecular complexity index is 1150. The maximum atomic E-state index is 5.95. The fraction of sp³-hybridized carbons (Fsp3) is 0.160. The number of hydrogen-bond acceptors (Lipinski definition) is 4. The fourth-order valence-corrected chi connectivity index (χ4v) is 3.29. The molecule has 3 aromatic carbocycles. The molecule has 0 fully saturated rings. The average molecular weight is 400 g/mol. The number of benzene rings is 3. The maximum absolute atomic E-state index is 5.95. The number of methoxy groups -OCH3 is 2. The lowest BCUT2D eigenvalue weighted by Gasteiger charge is -2.10. The molecule has 0 radical (unpaired) electrons. The van der Waals surface area contributed by atoms with Gasteiger partial charge in [0.15, 0.2) is 0 Å². The van der Waals surface area contributed by atoms with E-state index in [0.717, 1.165) is 39.7 Å². The molecule has 0 atom stereocenters. The molecular weight excluding hydrogens is 376 g/mol. The quantitative estimate of drug-likeness (QED) is 0.402. The van der Waals surface area contributed by atoms with Gasteiger partial charge in [0.2, 0.25) is 0 Å². The van der Waals surface area contributed by atoms with Crippen LogP contribution in [0.5, 0.6) is 17.2 Å². The van der Waals surface area contributed by atoms with Gasteiger partial charge >= 0.3 is 0 Å². The van der Waals surface area contributed by atoms with E-state index in [1.807, 2.05) is 72.8 Å². The Morgan fingerprint density at radius 2 is 1.57 bits per heavy atom. The Morgan fingerprint density at radius 3 is 2.37 bits per heavy atom. The number of fused-ring (bicyclic) bond motifs is 1. The molecule has 30 heavy (non-hydrogen) atoms. The number of nitrogens with zero attached hydrogens (tertiary/aromatic N) is 2. The van der Waals surface area contributed by atoms with Crippen LogP contribution >= 0.6 is 0 Å². The Balaban J connectivity index is 1.54. The van der Waals surface area contributed by atoms with Gasteiger partial charge in [0.05, 0.1) is 31.8 Å². The first-order chi connectivity index (χ1) is 14.8. The second-order valence-corrected chi connectivity index (χ2v) is 6.74. The first kappa shape index (κ1) is 19.6. The maximum Gasteiger partial charge on any atom is 0.133 e. The van der Waals surface area contributed by atoms with Crippen LogP contribution in [-0.2, 0) is 6.54 Å². The van der Waals surface area contributed by atoms with E-state index in [0.29, 0.717) is 13.2 Å². The zero-order valence-corrected chi connectivity index (χ0v) is 17.1. The minimum absolute atomic E-state index is 0.525. The lowest BCUT2D eigenvalue weighted by atomic mass is 10.2. The monoisotopic (exact) mass is 400 g/mol. The lowest BCUT2D eigenvalue weighted by Crippen LogP contribution is -2.09. The molecule has 0 N–H and O–H groups in total. The number of ether oxygens (including phenoxy) is 3. The number of rotatable bonds is 8. The Hall–Kier alpha value is -3.73. The third-order valence-corrected chi connectivity index (χ3v) is 4.85. The standard InChI is InChI=1S/C25H24N2O3/c1-28-20-13-10-19(11-14-20)12-15-25-26-23-8-3-4-9-24(23)27(25)16-17-30-22-7-5-6-21(18-22)29-2/h3-15,18H,16-17H2,1-2H3/b15-12+. The second-order valence-electron chi connectivity index (χ2n) is 6.74. The molecule has 5 heteroatoms. The highest BCUT2D eigenvalue weighted by Crippen LogP contribution is 2.21. The largest absolute Gasteiger partial charge is 0.497 e. The van der Waals surface area contributed by atoms with Crippen LogP contribution in [0.25, 0.3) is 23.2 Å². The molecule has 0 aliphatic carbocycles. The molecule has 0 saturated heterocycles. The molecule has 4 rings (SSSR count). The summed E-state index contributed by atoms with van der Waals surface area (Å²) in [7, 11) is 3.32. The van der Waals surface area contributed by atoms with E-state index in [1.54, 1.807) is 14.2 Å². The molecule has 0 spiro atoms. The normalized spacial score (nSPS) is 11.1. The van der Waals surface area contributed by atoms with Crippen LogP contribution < -0.4 is 14.2 Å². The summed E-state index contributed by atoms with van der Waals surface area (Å²) in [6.45, 7) is 1.21. The SMILES string of the molecule is COc1ccc(/C=C/c2nc3ccccc3n2CCOc2cccc(OC)c2)cc1. The van der Waals surface area contributed by atoms with Gasteiger partial charge in [-0.2, -0.15) is 0 Å². The molecule has 4 aromatic rings. The van der Waals surface area contributed by atoms with Crippen LogP contribution in [0.4, 0.5) is 0 Å². The average Bonchev–Trinajstić information content (AvgIpc) is 3.16. The predicted octanol–water partition coefficient (Wildman–Crippen LogP) is 5.30. The van der Waals surface area contributed by atoms with Crippen molar-refractivity contribution in [2.75, 3.05) is 20.8 Å². The van der Waals surface area contributed by atoms with Gasteiger partial charge in [-0.25, -0.2) is 4.98 Å². The highest BCUT2D eigenvalue weighted by atomic mass is 16.5. The van der Waals surface area contributed by atoms with E-state index in [4.69, 9.17) is 19.2 Å². The number of hydrogen-bond donors (Lipinski definition) is 0. The molecule has 0 amide bonds. The van der Waals surface area contributed by atoms with E-state index in [-0.39, 0.29) is 0 Å². The highest BCUT2D eigenvalue weighted by Gasteiger charge is 2.08. The summed E-state index contributed by atoms with van der Waals surface area (Å²) >= 11 is 0. The summed E-state index contributed by atoms with van der Waals surface area (Å²) in [5, 5.41) is 0. The summed E-state index contributed by atoms with van der Waals surface area (Å²) in [5.41, 5.74) is 3.14. The van der Waals surface area contributed by atoms with Gasteiger partial charge < -0.3 is 18.8 Å². The minimum Gasteiger partial charge on any atom is -0.497 e. The molecule has 1 aromatic heterocycles. The van der Waals surface area contributed by atoms with Crippen molar-refractivity contribution in [1.82, 2.24) is 9.55 Å². The van der Waals surface area contributed by atoms with Crippen molar-refractivity contribution in [3.05, 3.63) is 84.2 Å². The van der Waals surface area contributed by atoms with E-state index in [2.05, 4.69) is 16.7 Å². The van der Waals surface area contributed by atoms with E-state index in [1.165, 1.54) is 0 Å². The van der Waals surface area contributed by atoms with Gasteiger partial charge in [0.1, 0.15) is 29.7 Å². The molecular formula is C25H24N2O3. The Morgan fingerprint density at radius 1 is 0.800 bits per heavy atom. The third-order valence-electron chi connectivity index (χ3n) is 4.85. The summed E-state index contributed by atoms with van der Waals surface area (Å²) in [6, 6.07) is 23.7. The topological polar surface area (TPSA) is 45.5 Å². The van der Waals surface area contributed by atoms with Crippen molar-refractivity contribution < 1.29 is 14.2 Å². The first-order valence-electron chi connectivity index (χ1n) is 9.81. The van der Waals surface area contributed by atoms with E-state index >= 15 is 0 Å². The second kappa shape index (κ2) is 9.18. The number of imidazole rings is 1. The van der Waals surface area contributed by atoms with Gasteiger partial charge in [0.25, 0.3) is 0 Å². The first-order valence-corrected chi connectivity index (χ1v) is 9.81. The van der Waals surface area contributed by atoms with Crippen molar-refractivity contribution in [3.8, 4) is 17.2 Å². The van der Waals surface area contributed by atoms with Gasteiger partial charge in [0, 0.05) is 6.07 Å². The van der Waals surface area contributed by atoms with Gasteiger partial charge in [-0.3, -0.25) is 0 Å². The lowest BCUT2D eigenvalue weighted by molar-refractivity contribution is 0.297. The summed E-state index contributed by atoms with van der Waals surface area (Å²) in [5.74, 6) is 3.30. The fourth-order valence-electron chi connectivity index (χ4n) is 3.29. The van der Waals surface area contributed by atoms with Crippen LogP contribution in [0, 0.1) is 0 Å². The molecule has 1 heterocycles. The van der Waals surface area contributed by atoms with Gasteiger partial charge in [-0.15, -0.1) is 0 Å². The van der Waals surface area contributed by atoms with Crippen molar-refractivity contribution in [1.29, 1.82) is 0 Å². The summed E-state index contributed by atoms with van der Waals surface area (Å²) in [4.78, 5) is 4.79. The van der Waals surface area contributed by atoms with Crippen LogP contribution in [0.15, 0.2) is 72.8 Å². The number of para-hydroxylation sites is 2. The van der Waals surface area contributed by atoms with Crippen LogP contribution in [-0.4, -0.2) is 30.4 Å². The zero-order chi connectivity index (χ0) is 20.8. The molecule has 5 nitrogen and oxygen atoms in total. The highest BCUT2D eigenvalue weighted by molar-refractivity contribution is 5.79. The molecule has 0 aliphatic heterocycles. The molecule has 0 saturated carbocycles.